The molecule has 4 rings (SSSR count). The number of amides is 2. The van der Waals surface area contributed by atoms with Crippen molar-refractivity contribution in [1.82, 2.24) is 14.9 Å². The van der Waals surface area contributed by atoms with Gasteiger partial charge in [0, 0.05) is 37.6 Å². The molecule has 0 saturated carbocycles. The van der Waals surface area contributed by atoms with Gasteiger partial charge in [-0.1, -0.05) is 12.1 Å². The van der Waals surface area contributed by atoms with Crippen molar-refractivity contribution in [2.75, 3.05) is 23.1 Å². The third-order valence-electron chi connectivity index (χ3n) is 5.39. The number of rotatable bonds is 8. The fourth-order valence-electron chi connectivity index (χ4n) is 3.57. The van der Waals surface area contributed by atoms with Crippen LogP contribution in [-0.2, 0) is 26.0 Å². The summed E-state index contributed by atoms with van der Waals surface area (Å²) in [6.45, 7) is 0.734. The minimum Gasteiger partial charge on any atom is -0.342 e. The molecule has 2 N–H and O–H groups in total. The number of likely N-dealkylation sites (tertiary alicyclic amines) is 1. The van der Waals surface area contributed by atoms with Crippen molar-refractivity contribution in [2.24, 2.45) is 5.92 Å². The van der Waals surface area contributed by atoms with Gasteiger partial charge in [0.05, 0.1) is 10.8 Å². The van der Waals surface area contributed by atoms with Crippen molar-refractivity contribution in [3.05, 3.63) is 78.4 Å². The maximum Gasteiger partial charge on any atom is 0.264 e. The van der Waals surface area contributed by atoms with E-state index in [1.807, 2.05) is 0 Å². The van der Waals surface area contributed by atoms with E-state index in [9.17, 15) is 22.4 Å². The first-order valence-electron chi connectivity index (χ1n) is 10.5. The van der Waals surface area contributed by atoms with E-state index in [2.05, 4.69) is 20.0 Å². The van der Waals surface area contributed by atoms with Crippen LogP contribution in [0.3, 0.4) is 0 Å². The van der Waals surface area contributed by atoms with Gasteiger partial charge in [0.2, 0.25) is 17.8 Å². The van der Waals surface area contributed by atoms with E-state index in [0.717, 1.165) is 5.56 Å². The molecule has 2 amide bonds. The summed E-state index contributed by atoms with van der Waals surface area (Å²) in [5.41, 5.74) is 1.32. The summed E-state index contributed by atoms with van der Waals surface area (Å²) in [6, 6.07) is 13.3. The summed E-state index contributed by atoms with van der Waals surface area (Å²) >= 11 is 0. The molecule has 1 saturated heterocycles. The Labute approximate surface area is 196 Å². The molecule has 0 radical (unpaired) electrons. The average molecular weight is 484 g/mol. The zero-order chi connectivity index (χ0) is 24.1. The van der Waals surface area contributed by atoms with Gasteiger partial charge in [0.15, 0.2) is 0 Å². The van der Waals surface area contributed by atoms with Gasteiger partial charge in [-0.15, -0.1) is 0 Å². The zero-order valence-corrected chi connectivity index (χ0v) is 18.8. The Morgan fingerprint density at radius 3 is 2.41 bits per heavy atom. The molecule has 1 aromatic heterocycles. The number of aromatic nitrogens is 2. The molecule has 0 aliphatic carbocycles. The van der Waals surface area contributed by atoms with Crippen LogP contribution >= 0.6 is 0 Å². The highest BCUT2D eigenvalue weighted by molar-refractivity contribution is 7.92. The van der Waals surface area contributed by atoms with Crippen molar-refractivity contribution in [1.29, 1.82) is 0 Å². The Hall–Kier alpha value is -3.86. The van der Waals surface area contributed by atoms with E-state index in [-0.39, 0.29) is 34.9 Å². The minimum atomic E-state index is -3.88. The second-order valence-electron chi connectivity index (χ2n) is 7.81. The van der Waals surface area contributed by atoms with Gasteiger partial charge in [-0.3, -0.25) is 9.59 Å². The first-order chi connectivity index (χ1) is 16.3. The summed E-state index contributed by atoms with van der Waals surface area (Å²) in [6.07, 6.45) is 3.50. The van der Waals surface area contributed by atoms with Gasteiger partial charge < -0.3 is 10.2 Å². The molecule has 11 heteroatoms. The molecule has 176 valence electrons. The Bertz CT molecular complexity index is 1270. The van der Waals surface area contributed by atoms with E-state index in [4.69, 9.17) is 0 Å². The fraction of sp³-hybridized carbons (Fsp3) is 0.217. The second-order valence-corrected chi connectivity index (χ2v) is 9.49. The van der Waals surface area contributed by atoms with Crippen LogP contribution in [0, 0.1) is 11.7 Å². The molecule has 1 fully saturated rings. The monoisotopic (exact) mass is 483 g/mol. The standard InChI is InChI=1S/C23H22FN5O4S/c24-18-4-2-16(3-5-18)10-13-29-15-17(14-21(29)30)22(31)27-19-6-8-20(9-7-19)34(32,33)28-23-25-11-1-12-26-23/h1-9,11-12,17H,10,13-15H2,(H,27,31)(H,25,26,28)/t17-/m0/s1. The predicted octanol–water partition coefficient (Wildman–Crippen LogP) is 2.45. The van der Waals surface area contributed by atoms with Gasteiger partial charge in [0.1, 0.15) is 5.82 Å². The van der Waals surface area contributed by atoms with Gasteiger partial charge in [-0.2, -0.15) is 0 Å². The van der Waals surface area contributed by atoms with Crippen LogP contribution in [0.15, 0.2) is 71.9 Å². The summed E-state index contributed by atoms with van der Waals surface area (Å²) < 4.78 is 40.2. The lowest BCUT2D eigenvalue weighted by Gasteiger charge is -2.16. The Morgan fingerprint density at radius 1 is 1.06 bits per heavy atom. The lowest BCUT2D eigenvalue weighted by molar-refractivity contribution is -0.128. The lowest BCUT2D eigenvalue weighted by atomic mass is 10.1. The van der Waals surface area contributed by atoms with Gasteiger partial charge in [-0.05, 0) is 54.4 Å². The van der Waals surface area contributed by atoms with Gasteiger partial charge in [0.25, 0.3) is 10.0 Å². The normalized spacial score (nSPS) is 15.9. The second kappa shape index (κ2) is 9.96. The summed E-state index contributed by atoms with van der Waals surface area (Å²) in [7, 11) is -3.88. The van der Waals surface area contributed by atoms with E-state index in [1.54, 1.807) is 23.1 Å². The highest BCUT2D eigenvalue weighted by atomic mass is 32.2. The zero-order valence-electron chi connectivity index (χ0n) is 18.0. The molecule has 1 atom stereocenters. The molecule has 3 aromatic rings. The largest absolute Gasteiger partial charge is 0.342 e. The number of anilines is 2. The van der Waals surface area contributed by atoms with Gasteiger partial charge in [-0.25, -0.2) is 27.5 Å². The van der Waals surface area contributed by atoms with Crippen molar-refractivity contribution < 1.29 is 22.4 Å². The summed E-state index contributed by atoms with van der Waals surface area (Å²) in [4.78, 5) is 34.3. The molecule has 2 heterocycles. The molecule has 1 aliphatic heterocycles. The molecule has 1 aliphatic rings. The maximum absolute atomic E-state index is 13.0. The SMILES string of the molecule is O=C(Nc1ccc(S(=O)(=O)Nc2ncccn2)cc1)[C@H]1CC(=O)N(CCc2ccc(F)cc2)C1. The van der Waals surface area contributed by atoms with Crippen molar-refractivity contribution in [3.8, 4) is 0 Å². The Kier molecular flexibility index (Phi) is 6.82. The minimum absolute atomic E-state index is 0.0130. The van der Waals surface area contributed by atoms with E-state index in [0.29, 0.717) is 25.2 Å². The average Bonchev–Trinajstić information content (AvgIpc) is 3.20. The van der Waals surface area contributed by atoms with Crippen LogP contribution in [0.25, 0.3) is 0 Å². The number of halogens is 1. The van der Waals surface area contributed by atoms with Crippen LogP contribution in [-0.4, -0.2) is 48.2 Å². The van der Waals surface area contributed by atoms with Crippen molar-refractivity contribution >= 4 is 33.5 Å². The topological polar surface area (TPSA) is 121 Å². The number of carbonyl (C=O) groups excluding carboxylic acids is 2. The quantitative estimate of drug-likeness (QED) is 0.508. The van der Waals surface area contributed by atoms with E-state index in [1.165, 1.54) is 48.8 Å². The Morgan fingerprint density at radius 2 is 1.74 bits per heavy atom. The number of nitrogens with one attached hydrogen (secondary N) is 2. The number of sulfonamides is 1. The van der Waals surface area contributed by atoms with Crippen LogP contribution in [0.5, 0.6) is 0 Å². The van der Waals surface area contributed by atoms with Crippen LogP contribution < -0.4 is 10.0 Å². The van der Waals surface area contributed by atoms with E-state index >= 15 is 0 Å². The number of hydrogen-bond acceptors (Lipinski definition) is 6. The third kappa shape index (κ3) is 5.73. The molecule has 9 nitrogen and oxygen atoms in total. The maximum atomic E-state index is 13.0. The predicted molar refractivity (Wildman–Crippen MR) is 123 cm³/mol. The molecular formula is C23H22FN5O4S. The van der Waals surface area contributed by atoms with Crippen LogP contribution in [0.2, 0.25) is 0 Å². The number of benzene rings is 2. The summed E-state index contributed by atoms with van der Waals surface area (Å²) in [5.74, 6) is -1.30. The molecule has 0 spiro atoms. The lowest BCUT2D eigenvalue weighted by Crippen LogP contribution is -2.30. The smallest absolute Gasteiger partial charge is 0.264 e. The highest BCUT2D eigenvalue weighted by Gasteiger charge is 2.34. The molecule has 0 unspecified atom stereocenters. The summed E-state index contributed by atoms with van der Waals surface area (Å²) in [5, 5.41) is 2.73. The first-order valence-corrected chi connectivity index (χ1v) is 12.0. The first kappa shape index (κ1) is 23.3. The number of hydrogen-bond donors (Lipinski definition) is 2. The molecule has 0 bridgehead atoms. The third-order valence-corrected chi connectivity index (χ3v) is 6.74. The van der Waals surface area contributed by atoms with Crippen molar-refractivity contribution in [3.63, 3.8) is 0 Å². The van der Waals surface area contributed by atoms with Crippen LogP contribution in [0.4, 0.5) is 16.0 Å². The van der Waals surface area contributed by atoms with E-state index < -0.39 is 15.9 Å². The van der Waals surface area contributed by atoms with Crippen molar-refractivity contribution in [2.45, 2.75) is 17.7 Å². The molecule has 34 heavy (non-hydrogen) atoms. The van der Waals surface area contributed by atoms with Crippen LogP contribution in [0.1, 0.15) is 12.0 Å². The fourth-order valence-corrected chi connectivity index (χ4v) is 4.53. The van der Waals surface area contributed by atoms with Gasteiger partial charge >= 0.3 is 0 Å². The number of carbonyl (C=O) groups is 2. The number of nitrogens with zero attached hydrogens (tertiary/aromatic N) is 3. The Balaban J connectivity index is 1.32. The molecule has 2 aromatic carbocycles. The highest BCUT2D eigenvalue weighted by Crippen LogP contribution is 2.22. The molecular weight excluding hydrogens is 461 g/mol.